The van der Waals surface area contributed by atoms with E-state index in [1.165, 1.54) is 32.4 Å². The first kappa shape index (κ1) is 13.9. The molecule has 2 atom stereocenters. The molecule has 0 radical (unpaired) electrons. The fourth-order valence-electron chi connectivity index (χ4n) is 2.46. The molecule has 0 aromatic carbocycles. The maximum Gasteiger partial charge on any atom is 0.0217 e. The molecule has 96 valence electrons. The van der Waals surface area contributed by atoms with Crippen LogP contribution < -0.4 is 5.73 Å². The zero-order valence-corrected chi connectivity index (χ0v) is 11.5. The van der Waals surface area contributed by atoms with Crippen molar-refractivity contribution in [3.05, 3.63) is 0 Å². The summed E-state index contributed by atoms with van der Waals surface area (Å²) in [5.74, 6) is 0. The van der Waals surface area contributed by atoms with E-state index in [1.54, 1.807) is 0 Å². The Kier molecular flexibility index (Phi) is 5.22. The van der Waals surface area contributed by atoms with E-state index in [0.29, 0.717) is 5.41 Å². The van der Waals surface area contributed by atoms with Crippen molar-refractivity contribution in [3.63, 3.8) is 0 Å². The third-order valence-corrected chi connectivity index (χ3v) is 4.16. The fraction of sp³-hybridized carbons (Fsp3) is 1.00. The summed E-state index contributed by atoms with van der Waals surface area (Å²) in [4.78, 5) is 4.96. The molecular weight excluding hydrogens is 198 g/mol. The van der Waals surface area contributed by atoms with Crippen LogP contribution in [0.5, 0.6) is 0 Å². The highest BCUT2D eigenvalue weighted by Crippen LogP contribution is 2.23. The average Bonchev–Trinajstić information content (AvgIpc) is 2.29. The zero-order valence-electron chi connectivity index (χ0n) is 11.5. The van der Waals surface area contributed by atoms with Gasteiger partial charge in [-0.05, 0) is 51.9 Å². The minimum atomic E-state index is 0.300. The number of likely N-dealkylation sites (tertiary alicyclic amines) is 1. The van der Waals surface area contributed by atoms with Crippen LogP contribution in [0.2, 0.25) is 0 Å². The van der Waals surface area contributed by atoms with Crippen LogP contribution in [0.1, 0.15) is 33.1 Å². The second kappa shape index (κ2) is 5.99. The highest BCUT2D eigenvalue weighted by Gasteiger charge is 2.27. The van der Waals surface area contributed by atoms with E-state index in [0.717, 1.165) is 19.1 Å². The first-order valence-corrected chi connectivity index (χ1v) is 6.59. The Morgan fingerprint density at radius 3 is 2.62 bits per heavy atom. The van der Waals surface area contributed by atoms with Crippen molar-refractivity contribution in [1.82, 2.24) is 9.80 Å². The third kappa shape index (κ3) is 3.72. The summed E-state index contributed by atoms with van der Waals surface area (Å²) in [7, 11) is 4.38. The molecule has 0 bridgehead atoms. The molecule has 0 aromatic rings. The summed E-state index contributed by atoms with van der Waals surface area (Å²) in [6.07, 6.45) is 3.84. The molecule has 1 aliphatic heterocycles. The Labute approximate surface area is 101 Å². The summed E-state index contributed by atoms with van der Waals surface area (Å²) in [6.45, 7) is 8.98. The van der Waals surface area contributed by atoms with E-state index in [-0.39, 0.29) is 0 Å². The normalized spacial score (nSPS) is 27.0. The fourth-order valence-corrected chi connectivity index (χ4v) is 2.46. The van der Waals surface area contributed by atoms with E-state index in [9.17, 15) is 0 Å². The van der Waals surface area contributed by atoms with Gasteiger partial charge in [0.15, 0.2) is 0 Å². The van der Waals surface area contributed by atoms with Gasteiger partial charge in [0.25, 0.3) is 0 Å². The number of nitrogens with zero attached hydrogens (tertiary/aromatic N) is 2. The number of piperidine rings is 1. The largest absolute Gasteiger partial charge is 0.330 e. The molecule has 16 heavy (non-hydrogen) atoms. The van der Waals surface area contributed by atoms with Crippen molar-refractivity contribution >= 4 is 0 Å². The van der Waals surface area contributed by atoms with E-state index in [2.05, 4.69) is 37.7 Å². The summed E-state index contributed by atoms with van der Waals surface area (Å²) in [5, 5.41) is 0. The zero-order chi connectivity index (χ0) is 12.2. The molecular formula is C13H29N3. The van der Waals surface area contributed by atoms with Crippen LogP contribution in [0, 0.1) is 5.41 Å². The van der Waals surface area contributed by atoms with Gasteiger partial charge in [-0.15, -0.1) is 0 Å². The van der Waals surface area contributed by atoms with E-state index in [1.807, 2.05) is 0 Å². The number of likely N-dealkylation sites (N-methyl/N-ethyl adjacent to an activating group) is 1. The molecule has 0 saturated carbocycles. The van der Waals surface area contributed by atoms with Gasteiger partial charge in [0.1, 0.15) is 0 Å². The molecule has 2 unspecified atom stereocenters. The lowest BCUT2D eigenvalue weighted by atomic mass is 9.86. The van der Waals surface area contributed by atoms with Crippen LogP contribution in [-0.4, -0.2) is 56.1 Å². The van der Waals surface area contributed by atoms with Crippen molar-refractivity contribution in [2.45, 2.75) is 39.2 Å². The molecule has 1 aliphatic rings. The van der Waals surface area contributed by atoms with Crippen molar-refractivity contribution < 1.29 is 0 Å². The third-order valence-electron chi connectivity index (χ3n) is 4.16. The van der Waals surface area contributed by atoms with Gasteiger partial charge in [-0.3, -0.25) is 0 Å². The summed E-state index contributed by atoms with van der Waals surface area (Å²) < 4.78 is 0. The van der Waals surface area contributed by atoms with Gasteiger partial charge in [0, 0.05) is 19.1 Å². The predicted molar refractivity (Wildman–Crippen MR) is 70.6 cm³/mol. The van der Waals surface area contributed by atoms with Gasteiger partial charge in [-0.25, -0.2) is 0 Å². The predicted octanol–water partition coefficient (Wildman–Crippen LogP) is 1.39. The Hall–Kier alpha value is -0.120. The Morgan fingerprint density at radius 2 is 2.12 bits per heavy atom. The molecule has 3 nitrogen and oxygen atoms in total. The molecule has 0 aliphatic carbocycles. The minimum Gasteiger partial charge on any atom is -0.330 e. The SMILES string of the molecule is CCC(C)(CN)CN1CCCC(N(C)C)C1. The molecule has 0 spiro atoms. The monoisotopic (exact) mass is 227 g/mol. The first-order chi connectivity index (χ1) is 7.50. The van der Waals surface area contributed by atoms with Crippen LogP contribution in [-0.2, 0) is 0 Å². The minimum absolute atomic E-state index is 0.300. The van der Waals surface area contributed by atoms with Crippen LogP contribution in [0.15, 0.2) is 0 Å². The van der Waals surface area contributed by atoms with Crippen LogP contribution in [0.4, 0.5) is 0 Å². The summed E-state index contributed by atoms with van der Waals surface area (Å²) in [5.41, 5.74) is 6.19. The quantitative estimate of drug-likeness (QED) is 0.770. The molecule has 1 rings (SSSR count). The summed E-state index contributed by atoms with van der Waals surface area (Å²) >= 11 is 0. The van der Waals surface area contributed by atoms with E-state index < -0.39 is 0 Å². The lowest BCUT2D eigenvalue weighted by molar-refractivity contribution is 0.0916. The van der Waals surface area contributed by atoms with Crippen molar-refractivity contribution in [2.24, 2.45) is 11.1 Å². The first-order valence-electron chi connectivity index (χ1n) is 6.59. The standard InChI is InChI=1S/C13H29N3/c1-5-13(2,10-14)11-16-8-6-7-12(9-16)15(3)4/h12H,5-11,14H2,1-4H3. The average molecular weight is 227 g/mol. The van der Waals surface area contributed by atoms with Gasteiger partial charge in [0.2, 0.25) is 0 Å². The number of hydrogen-bond donors (Lipinski definition) is 1. The summed E-state index contributed by atoms with van der Waals surface area (Å²) in [6, 6.07) is 0.729. The van der Waals surface area contributed by atoms with Crippen LogP contribution >= 0.6 is 0 Å². The molecule has 1 saturated heterocycles. The Balaban J connectivity index is 2.48. The highest BCUT2D eigenvalue weighted by molar-refractivity contribution is 4.83. The molecule has 3 heteroatoms. The van der Waals surface area contributed by atoms with Crippen molar-refractivity contribution in [3.8, 4) is 0 Å². The van der Waals surface area contributed by atoms with Gasteiger partial charge in [-0.1, -0.05) is 13.8 Å². The smallest absolute Gasteiger partial charge is 0.0217 e. The second-order valence-corrected chi connectivity index (χ2v) is 5.86. The lowest BCUT2D eigenvalue weighted by Gasteiger charge is -2.40. The van der Waals surface area contributed by atoms with Crippen LogP contribution in [0.25, 0.3) is 0 Å². The number of nitrogens with two attached hydrogens (primary N) is 1. The molecule has 0 aromatic heterocycles. The van der Waals surface area contributed by atoms with Gasteiger partial charge < -0.3 is 15.5 Å². The molecule has 0 amide bonds. The Morgan fingerprint density at radius 1 is 1.44 bits per heavy atom. The van der Waals surface area contributed by atoms with E-state index in [4.69, 9.17) is 5.73 Å². The van der Waals surface area contributed by atoms with Gasteiger partial charge in [-0.2, -0.15) is 0 Å². The Bertz CT molecular complexity index is 199. The van der Waals surface area contributed by atoms with Gasteiger partial charge in [0.05, 0.1) is 0 Å². The number of rotatable bonds is 5. The highest BCUT2D eigenvalue weighted by atomic mass is 15.2. The van der Waals surface area contributed by atoms with E-state index >= 15 is 0 Å². The maximum absolute atomic E-state index is 5.89. The van der Waals surface area contributed by atoms with Gasteiger partial charge >= 0.3 is 0 Å². The maximum atomic E-state index is 5.89. The topological polar surface area (TPSA) is 32.5 Å². The molecule has 1 heterocycles. The van der Waals surface area contributed by atoms with Crippen molar-refractivity contribution in [2.75, 3.05) is 40.3 Å². The second-order valence-electron chi connectivity index (χ2n) is 5.86. The molecule has 1 fully saturated rings. The van der Waals surface area contributed by atoms with Crippen LogP contribution in [0.3, 0.4) is 0 Å². The number of hydrogen-bond acceptors (Lipinski definition) is 3. The molecule has 2 N–H and O–H groups in total. The van der Waals surface area contributed by atoms with Crippen molar-refractivity contribution in [1.29, 1.82) is 0 Å². The lowest BCUT2D eigenvalue weighted by Crippen LogP contribution is -2.49.